The first-order chi connectivity index (χ1) is 18.3. The molecule has 1 N–H and O–H groups in total. The van der Waals surface area contributed by atoms with E-state index >= 15 is 0 Å². The van der Waals surface area contributed by atoms with Gasteiger partial charge in [0.25, 0.3) is 0 Å². The lowest BCUT2D eigenvalue weighted by molar-refractivity contribution is -0.138. The maximum absolute atomic E-state index is 13.4. The van der Waals surface area contributed by atoms with E-state index in [1.807, 2.05) is 19.1 Å². The van der Waals surface area contributed by atoms with Crippen LogP contribution in [0, 0.1) is 0 Å². The van der Waals surface area contributed by atoms with Gasteiger partial charge in [0.05, 0.1) is 23.2 Å². The van der Waals surface area contributed by atoms with Crippen LogP contribution in [-0.2, 0) is 33.6 Å². The minimum Gasteiger partial charge on any atom is -0.493 e. The zero-order valence-electron chi connectivity index (χ0n) is 21.9. The van der Waals surface area contributed by atoms with E-state index in [4.69, 9.17) is 14.6 Å². The Morgan fingerprint density at radius 1 is 1.00 bits per heavy atom. The van der Waals surface area contributed by atoms with Crippen molar-refractivity contribution < 1.29 is 41.0 Å². The third kappa shape index (κ3) is 8.48. The molecule has 0 saturated carbocycles. The van der Waals surface area contributed by atoms with E-state index in [1.165, 1.54) is 30.3 Å². The molecule has 0 aromatic heterocycles. The lowest BCUT2D eigenvalue weighted by Crippen LogP contribution is -2.16. The molecule has 0 aliphatic heterocycles. The van der Waals surface area contributed by atoms with Crippen LogP contribution in [0.15, 0.2) is 65.6 Å². The topological polar surface area (TPSA) is 89.9 Å². The number of carboxylic acids is 1. The SMILES string of the molecule is CCc1cc(OCC[C@H](C)Oc2ccc(C(F)(F)F)cc2-c2ccc(S(C)(=O)=O)cc2)ccc1CCC(=O)O. The lowest BCUT2D eigenvalue weighted by atomic mass is 10.0. The largest absolute Gasteiger partial charge is 0.493 e. The second-order valence-electron chi connectivity index (χ2n) is 9.25. The Kier molecular flexibility index (Phi) is 9.66. The van der Waals surface area contributed by atoms with Crippen LogP contribution in [0.2, 0.25) is 0 Å². The fraction of sp³-hybridized carbons (Fsp3) is 0.345. The molecule has 1 atom stereocenters. The minimum absolute atomic E-state index is 0.0514. The number of aliphatic carboxylic acids is 1. The number of carbonyl (C=O) groups is 1. The van der Waals surface area contributed by atoms with Gasteiger partial charge in [0, 0.05) is 24.7 Å². The number of ether oxygens (including phenoxy) is 2. The maximum atomic E-state index is 13.4. The van der Waals surface area contributed by atoms with Gasteiger partial charge in [-0.3, -0.25) is 4.79 Å². The average Bonchev–Trinajstić information content (AvgIpc) is 2.86. The molecule has 0 amide bonds. The van der Waals surface area contributed by atoms with Gasteiger partial charge in [-0.05, 0) is 78.9 Å². The summed E-state index contributed by atoms with van der Waals surface area (Å²) in [5.41, 5.74) is 1.72. The Labute approximate surface area is 226 Å². The molecule has 0 heterocycles. The van der Waals surface area contributed by atoms with E-state index in [1.54, 1.807) is 13.0 Å². The Balaban J connectivity index is 1.72. The first kappa shape index (κ1) is 30.0. The van der Waals surface area contributed by atoms with Crippen molar-refractivity contribution in [3.63, 3.8) is 0 Å². The summed E-state index contributed by atoms with van der Waals surface area (Å²) in [5.74, 6) is 0.0199. The molecule has 0 bridgehead atoms. The van der Waals surface area contributed by atoms with Crippen molar-refractivity contribution in [3.8, 4) is 22.6 Å². The monoisotopic (exact) mass is 564 g/mol. The molecule has 3 aromatic rings. The summed E-state index contributed by atoms with van der Waals surface area (Å²) >= 11 is 0. The van der Waals surface area contributed by atoms with Crippen LogP contribution < -0.4 is 9.47 Å². The van der Waals surface area contributed by atoms with E-state index in [2.05, 4.69) is 0 Å². The Morgan fingerprint density at radius 3 is 2.28 bits per heavy atom. The van der Waals surface area contributed by atoms with Gasteiger partial charge >= 0.3 is 12.1 Å². The second kappa shape index (κ2) is 12.5. The summed E-state index contributed by atoms with van der Waals surface area (Å²) in [6.45, 7) is 4.05. The van der Waals surface area contributed by atoms with Crippen LogP contribution in [-0.4, -0.2) is 38.5 Å². The number of hydrogen-bond acceptors (Lipinski definition) is 5. The Hall–Kier alpha value is -3.53. The van der Waals surface area contributed by atoms with Gasteiger partial charge in [0.15, 0.2) is 9.84 Å². The third-order valence-electron chi connectivity index (χ3n) is 6.19. The number of benzene rings is 3. The average molecular weight is 565 g/mol. The van der Waals surface area contributed by atoms with E-state index in [9.17, 15) is 26.4 Å². The summed E-state index contributed by atoms with van der Waals surface area (Å²) in [5, 5.41) is 8.93. The summed E-state index contributed by atoms with van der Waals surface area (Å²) < 4.78 is 75.7. The lowest BCUT2D eigenvalue weighted by Gasteiger charge is -2.20. The molecule has 210 valence electrons. The molecule has 0 unspecified atom stereocenters. The van der Waals surface area contributed by atoms with Gasteiger partial charge in [-0.2, -0.15) is 13.2 Å². The fourth-order valence-electron chi connectivity index (χ4n) is 4.04. The normalized spacial score (nSPS) is 12.7. The summed E-state index contributed by atoms with van der Waals surface area (Å²) in [4.78, 5) is 10.9. The molecule has 0 spiro atoms. The van der Waals surface area contributed by atoms with E-state index in [-0.39, 0.29) is 29.2 Å². The molecule has 10 heteroatoms. The smallest absolute Gasteiger partial charge is 0.416 e. The van der Waals surface area contributed by atoms with Gasteiger partial charge in [0.2, 0.25) is 0 Å². The zero-order valence-corrected chi connectivity index (χ0v) is 22.7. The molecular formula is C29H31F3O6S. The van der Waals surface area contributed by atoms with Gasteiger partial charge < -0.3 is 14.6 Å². The molecule has 39 heavy (non-hydrogen) atoms. The van der Waals surface area contributed by atoms with Crippen molar-refractivity contribution in [1.82, 2.24) is 0 Å². The third-order valence-corrected chi connectivity index (χ3v) is 7.32. The fourth-order valence-corrected chi connectivity index (χ4v) is 4.67. The number of carboxylic acid groups (broad SMARTS) is 1. The second-order valence-corrected chi connectivity index (χ2v) is 11.3. The van der Waals surface area contributed by atoms with E-state index in [0.29, 0.717) is 24.2 Å². The minimum atomic E-state index is -4.56. The Bertz CT molecular complexity index is 1400. The summed E-state index contributed by atoms with van der Waals surface area (Å²) in [6.07, 6.45) is -2.24. The molecule has 0 saturated heterocycles. The van der Waals surface area contributed by atoms with Gasteiger partial charge in [-0.15, -0.1) is 0 Å². The standard InChI is InChI=1S/C29H31F3O6S/c1-4-20-17-24(10-5-21(20)8-14-28(33)34)37-16-15-19(2)38-27-13-9-23(29(30,31)32)18-26(27)22-6-11-25(12-7-22)39(3,35)36/h5-7,9-13,17-19H,4,8,14-16H2,1-3H3,(H,33,34)/t19-/m0/s1. The van der Waals surface area contributed by atoms with E-state index < -0.39 is 33.7 Å². The Morgan fingerprint density at radius 2 is 1.69 bits per heavy atom. The maximum Gasteiger partial charge on any atom is 0.416 e. The quantitative estimate of drug-likeness (QED) is 0.267. The van der Waals surface area contributed by atoms with Crippen molar-refractivity contribution in [2.75, 3.05) is 12.9 Å². The van der Waals surface area contributed by atoms with Crippen molar-refractivity contribution in [2.24, 2.45) is 0 Å². The van der Waals surface area contributed by atoms with Crippen molar-refractivity contribution in [2.45, 2.75) is 56.7 Å². The van der Waals surface area contributed by atoms with Crippen LogP contribution in [0.1, 0.15) is 43.4 Å². The number of rotatable bonds is 12. The van der Waals surface area contributed by atoms with Crippen LogP contribution in [0.3, 0.4) is 0 Å². The predicted molar refractivity (Wildman–Crippen MR) is 142 cm³/mol. The summed E-state index contributed by atoms with van der Waals surface area (Å²) in [7, 11) is -3.46. The number of alkyl halides is 3. The van der Waals surface area contributed by atoms with Crippen LogP contribution >= 0.6 is 0 Å². The molecule has 0 aliphatic rings. The van der Waals surface area contributed by atoms with Crippen molar-refractivity contribution in [1.29, 1.82) is 0 Å². The number of halogens is 3. The number of hydrogen-bond donors (Lipinski definition) is 1. The van der Waals surface area contributed by atoms with Crippen LogP contribution in [0.5, 0.6) is 11.5 Å². The highest BCUT2D eigenvalue weighted by Gasteiger charge is 2.31. The van der Waals surface area contributed by atoms with Crippen molar-refractivity contribution in [3.05, 3.63) is 77.4 Å². The molecule has 0 aliphatic carbocycles. The number of sulfone groups is 1. The molecule has 6 nitrogen and oxygen atoms in total. The summed E-state index contributed by atoms with van der Waals surface area (Å²) in [6, 6.07) is 14.4. The highest BCUT2D eigenvalue weighted by atomic mass is 32.2. The highest BCUT2D eigenvalue weighted by Crippen LogP contribution is 2.38. The van der Waals surface area contributed by atoms with Crippen molar-refractivity contribution >= 4 is 15.8 Å². The molecular weight excluding hydrogens is 533 g/mol. The van der Waals surface area contributed by atoms with Gasteiger partial charge in [-0.25, -0.2) is 8.42 Å². The molecule has 3 rings (SSSR count). The van der Waals surface area contributed by atoms with Gasteiger partial charge in [-0.1, -0.05) is 25.1 Å². The van der Waals surface area contributed by atoms with Crippen LogP contribution in [0.4, 0.5) is 13.2 Å². The molecule has 0 radical (unpaired) electrons. The first-order valence-corrected chi connectivity index (χ1v) is 14.3. The molecule has 3 aromatic carbocycles. The molecule has 0 fully saturated rings. The van der Waals surface area contributed by atoms with E-state index in [0.717, 1.165) is 35.9 Å². The zero-order chi connectivity index (χ0) is 28.8. The van der Waals surface area contributed by atoms with Gasteiger partial charge in [0.1, 0.15) is 11.5 Å². The highest BCUT2D eigenvalue weighted by molar-refractivity contribution is 7.90. The predicted octanol–water partition coefficient (Wildman–Crippen LogP) is 6.59. The first-order valence-electron chi connectivity index (χ1n) is 12.4. The number of aryl methyl sites for hydroxylation is 2. The van der Waals surface area contributed by atoms with Crippen LogP contribution in [0.25, 0.3) is 11.1 Å².